The molecule has 0 saturated carbocycles. The fourth-order valence-electron chi connectivity index (χ4n) is 2.44. The van der Waals surface area contributed by atoms with Gasteiger partial charge in [0, 0.05) is 7.11 Å². The fraction of sp³-hybridized carbons (Fsp3) is 0.533. The number of hydrogen-bond donors (Lipinski definition) is 1. The molecule has 1 aliphatic rings. The largest absolute Gasteiger partial charge is 0.382 e. The Balaban J connectivity index is 2.21. The van der Waals surface area contributed by atoms with E-state index in [1.54, 1.807) is 7.11 Å². The van der Waals surface area contributed by atoms with E-state index < -0.39 is 0 Å². The molecule has 1 aromatic rings. The molecule has 0 bridgehead atoms. The van der Waals surface area contributed by atoms with E-state index in [0.29, 0.717) is 6.61 Å². The summed E-state index contributed by atoms with van der Waals surface area (Å²) in [5, 5.41) is 11.4. The van der Waals surface area contributed by atoms with Gasteiger partial charge in [-0.15, -0.1) is 0 Å². The Hall–Kier alpha value is -1.57. The van der Waals surface area contributed by atoms with Crippen molar-refractivity contribution in [2.24, 2.45) is 5.92 Å². The van der Waals surface area contributed by atoms with Gasteiger partial charge in [0.1, 0.15) is 6.04 Å². The van der Waals surface area contributed by atoms with Crippen molar-refractivity contribution in [2.45, 2.75) is 32.4 Å². The number of nitriles is 1. The zero-order valence-electron chi connectivity index (χ0n) is 11.8. The van der Waals surface area contributed by atoms with Crippen LogP contribution in [0.3, 0.4) is 0 Å². The van der Waals surface area contributed by atoms with Crippen molar-refractivity contribution in [1.82, 2.24) is 5.43 Å². The lowest BCUT2D eigenvalue weighted by atomic mass is 10.1. The Morgan fingerprint density at radius 1 is 1.47 bits per heavy atom. The maximum Gasteiger partial charge on any atom is 0.115 e. The summed E-state index contributed by atoms with van der Waals surface area (Å²) in [5.41, 5.74) is 5.81. The van der Waals surface area contributed by atoms with E-state index in [0.717, 1.165) is 12.1 Å². The summed E-state index contributed by atoms with van der Waals surface area (Å²) in [7, 11) is 1.71. The Kier molecular flexibility index (Phi) is 4.41. The second kappa shape index (κ2) is 6.05. The highest BCUT2D eigenvalue weighted by Crippen LogP contribution is 2.30. The van der Waals surface area contributed by atoms with Gasteiger partial charge in [-0.1, -0.05) is 32.0 Å². The number of rotatable bonds is 5. The van der Waals surface area contributed by atoms with Crippen LogP contribution in [0, 0.1) is 17.2 Å². The van der Waals surface area contributed by atoms with Crippen LogP contribution in [0.15, 0.2) is 24.3 Å². The average Bonchev–Trinajstić information content (AvgIpc) is 2.73. The molecule has 4 heteroatoms. The van der Waals surface area contributed by atoms with Gasteiger partial charge >= 0.3 is 0 Å². The molecular weight excluding hydrogens is 238 g/mol. The quantitative estimate of drug-likeness (QED) is 0.880. The Bertz CT molecular complexity index is 467. The topological polar surface area (TPSA) is 48.3 Å². The van der Waals surface area contributed by atoms with E-state index in [1.807, 2.05) is 19.9 Å². The minimum atomic E-state index is -0.189. The second-order valence-electron chi connectivity index (χ2n) is 5.29. The maximum absolute atomic E-state index is 9.25. The molecule has 4 nitrogen and oxygen atoms in total. The summed E-state index contributed by atoms with van der Waals surface area (Å²) in [6.07, 6.45) is 0.952. The monoisotopic (exact) mass is 259 g/mol. The summed E-state index contributed by atoms with van der Waals surface area (Å²) >= 11 is 0. The van der Waals surface area contributed by atoms with Gasteiger partial charge in [0.15, 0.2) is 0 Å². The predicted octanol–water partition coefficient (Wildman–Crippen LogP) is 2.12. The zero-order chi connectivity index (χ0) is 13.8. The highest BCUT2D eigenvalue weighted by molar-refractivity contribution is 5.58. The van der Waals surface area contributed by atoms with E-state index in [4.69, 9.17) is 4.74 Å². The van der Waals surface area contributed by atoms with Crippen LogP contribution in [0.1, 0.15) is 19.4 Å². The average molecular weight is 259 g/mol. The van der Waals surface area contributed by atoms with Crippen LogP contribution in [0.5, 0.6) is 0 Å². The van der Waals surface area contributed by atoms with Crippen LogP contribution in [0.4, 0.5) is 5.69 Å². The van der Waals surface area contributed by atoms with E-state index in [-0.39, 0.29) is 18.0 Å². The van der Waals surface area contributed by atoms with Gasteiger partial charge in [-0.05, 0) is 24.0 Å². The van der Waals surface area contributed by atoms with Gasteiger partial charge in [0.25, 0.3) is 0 Å². The van der Waals surface area contributed by atoms with Crippen LogP contribution in [-0.2, 0) is 11.2 Å². The van der Waals surface area contributed by atoms with Gasteiger partial charge in [0.2, 0.25) is 0 Å². The zero-order valence-corrected chi connectivity index (χ0v) is 11.8. The van der Waals surface area contributed by atoms with Gasteiger partial charge in [-0.25, -0.2) is 5.43 Å². The molecular formula is C15H21N3O. The number of hydrogen-bond acceptors (Lipinski definition) is 4. The molecule has 1 heterocycles. The van der Waals surface area contributed by atoms with E-state index in [9.17, 15) is 5.26 Å². The van der Waals surface area contributed by atoms with Crippen LogP contribution in [0.25, 0.3) is 0 Å². The summed E-state index contributed by atoms with van der Waals surface area (Å²) in [4.78, 5) is 0. The van der Waals surface area contributed by atoms with E-state index in [1.165, 1.54) is 5.56 Å². The first-order chi connectivity index (χ1) is 9.17. The summed E-state index contributed by atoms with van der Waals surface area (Å²) < 4.78 is 5.30. The molecule has 2 atom stereocenters. The molecule has 0 fully saturated rings. The normalized spacial score (nSPS) is 19.3. The lowest BCUT2D eigenvalue weighted by Gasteiger charge is -2.31. The Morgan fingerprint density at radius 2 is 2.21 bits per heavy atom. The van der Waals surface area contributed by atoms with Crippen molar-refractivity contribution in [1.29, 1.82) is 5.26 Å². The number of hydrazine groups is 1. The highest BCUT2D eigenvalue weighted by atomic mass is 16.5. The number of fused-ring (bicyclic) bond motifs is 1. The number of ether oxygens (including phenoxy) is 1. The van der Waals surface area contributed by atoms with Crippen molar-refractivity contribution in [3.05, 3.63) is 29.8 Å². The Morgan fingerprint density at radius 3 is 2.84 bits per heavy atom. The van der Waals surface area contributed by atoms with Gasteiger partial charge in [-0.3, -0.25) is 0 Å². The number of methoxy groups -OCH3 is 1. The molecule has 1 aliphatic heterocycles. The standard InChI is InChI=1S/C15H21N3O/c1-11(2)14(9-16)17-18-13(10-19-3)8-12-6-4-5-7-15(12)18/h4-7,11,13-14,17H,8,10H2,1-3H3/t13-,14-/m0/s1. The molecule has 19 heavy (non-hydrogen) atoms. The second-order valence-corrected chi connectivity index (χ2v) is 5.29. The predicted molar refractivity (Wildman–Crippen MR) is 75.7 cm³/mol. The van der Waals surface area contributed by atoms with E-state index >= 15 is 0 Å². The third-order valence-electron chi connectivity index (χ3n) is 3.51. The van der Waals surface area contributed by atoms with Crippen molar-refractivity contribution in [3.63, 3.8) is 0 Å². The molecule has 0 saturated heterocycles. The molecule has 0 aromatic heterocycles. The summed E-state index contributed by atoms with van der Waals surface area (Å²) in [6, 6.07) is 10.7. The third kappa shape index (κ3) is 2.89. The van der Waals surface area contributed by atoms with Crippen molar-refractivity contribution in [2.75, 3.05) is 18.7 Å². The first-order valence-corrected chi connectivity index (χ1v) is 6.69. The van der Waals surface area contributed by atoms with Crippen LogP contribution in [0.2, 0.25) is 0 Å². The van der Waals surface area contributed by atoms with Crippen LogP contribution in [-0.4, -0.2) is 25.8 Å². The van der Waals surface area contributed by atoms with Gasteiger partial charge in [0.05, 0.1) is 24.4 Å². The first-order valence-electron chi connectivity index (χ1n) is 6.69. The van der Waals surface area contributed by atoms with Gasteiger partial charge < -0.3 is 9.75 Å². The molecule has 0 amide bonds. The molecule has 102 valence electrons. The molecule has 0 aliphatic carbocycles. The van der Waals surface area contributed by atoms with Crippen LogP contribution >= 0.6 is 0 Å². The number of para-hydroxylation sites is 1. The molecule has 0 spiro atoms. The fourth-order valence-corrected chi connectivity index (χ4v) is 2.44. The molecule has 0 radical (unpaired) electrons. The molecule has 0 unspecified atom stereocenters. The van der Waals surface area contributed by atoms with Crippen molar-refractivity contribution in [3.8, 4) is 6.07 Å². The molecule has 1 N–H and O–H groups in total. The minimum Gasteiger partial charge on any atom is -0.382 e. The number of benzene rings is 1. The number of nitrogens with one attached hydrogen (secondary N) is 1. The highest BCUT2D eigenvalue weighted by Gasteiger charge is 2.31. The summed E-state index contributed by atoms with van der Waals surface area (Å²) in [5.74, 6) is 0.265. The number of nitrogens with zero attached hydrogens (tertiary/aromatic N) is 2. The van der Waals surface area contributed by atoms with E-state index in [2.05, 4.69) is 34.7 Å². The third-order valence-corrected chi connectivity index (χ3v) is 3.51. The van der Waals surface area contributed by atoms with Gasteiger partial charge in [-0.2, -0.15) is 5.26 Å². The Labute approximate surface area is 114 Å². The maximum atomic E-state index is 9.25. The lowest BCUT2D eigenvalue weighted by molar-refractivity contribution is 0.173. The van der Waals surface area contributed by atoms with Crippen molar-refractivity contribution < 1.29 is 4.74 Å². The minimum absolute atomic E-state index is 0.189. The van der Waals surface area contributed by atoms with Crippen molar-refractivity contribution >= 4 is 5.69 Å². The first kappa shape index (κ1) is 13.9. The van der Waals surface area contributed by atoms with Crippen LogP contribution < -0.4 is 10.4 Å². The number of anilines is 1. The smallest absolute Gasteiger partial charge is 0.115 e. The summed E-state index contributed by atoms with van der Waals surface area (Å²) in [6.45, 7) is 4.75. The lowest BCUT2D eigenvalue weighted by Crippen LogP contribution is -2.51. The molecule has 2 rings (SSSR count). The molecule has 1 aromatic carbocycles. The SMILES string of the molecule is COC[C@@H]1Cc2ccccc2N1N[C@@H](C#N)C(C)C.